The van der Waals surface area contributed by atoms with Gasteiger partial charge in [-0.2, -0.15) is 0 Å². The average Bonchev–Trinajstić information content (AvgIpc) is 2.87. The van der Waals surface area contributed by atoms with Crippen LogP contribution in [0.3, 0.4) is 0 Å². The number of benzene rings is 1. The van der Waals surface area contributed by atoms with Crippen LogP contribution < -0.4 is 10.6 Å². The second-order valence-electron chi connectivity index (χ2n) is 4.25. The summed E-state index contributed by atoms with van der Waals surface area (Å²) in [6.07, 6.45) is 1.71. The average molecular weight is 276 g/mol. The lowest BCUT2D eigenvalue weighted by Crippen LogP contribution is -2.26. The second-order valence-corrected chi connectivity index (χ2v) is 5.01. The van der Waals surface area contributed by atoms with E-state index in [-0.39, 0.29) is 5.91 Å². The van der Waals surface area contributed by atoms with E-state index in [9.17, 15) is 4.79 Å². The largest absolute Gasteiger partial charge is 0.399 e. The number of rotatable bonds is 4. The lowest BCUT2D eigenvalue weighted by atomic mass is 10.2. The highest BCUT2D eigenvalue weighted by molar-refractivity contribution is 7.08. The molecule has 2 N–H and O–H groups in total. The molecule has 1 amide bonds. The lowest BCUT2D eigenvalue weighted by molar-refractivity contribution is 0.0996. The molecule has 0 unspecified atom stereocenters. The summed E-state index contributed by atoms with van der Waals surface area (Å²) < 4.78 is 3.88. The fourth-order valence-electron chi connectivity index (χ4n) is 1.74. The molecular formula is C13H16N4OS. The number of aromatic nitrogens is 2. The zero-order valence-corrected chi connectivity index (χ0v) is 11.8. The summed E-state index contributed by atoms with van der Waals surface area (Å²) in [5, 5.41) is 4.02. The summed E-state index contributed by atoms with van der Waals surface area (Å²) in [6, 6.07) is 7.19. The highest BCUT2D eigenvalue weighted by Crippen LogP contribution is 2.20. The molecule has 0 spiro atoms. The molecule has 6 heteroatoms. The monoisotopic (exact) mass is 276 g/mol. The second kappa shape index (κ2) is 5.79. The molecule has 0 saturated heterocycles. The van der Waals surface area contributed by atoms with Gasteiger partial charge in [0.15, 0.2) is 0 Å². The van der Waals surface area contributed by atoms with Gasteiger partial charge in [0.25, 0.3) is 5.91 Å². The number of carbonyl (C=O) groups is 1. The Morgan fingerprint density at radius 2 is 2.05 bits per heavy atom. The van der Waals surface area contributed by atoms with Crippen molar-refractivity contribution in [1.82, 2.24) is 9.59 Å². The van der Waals surface area contributed by atoms with E-state index < -0.39 is 0 Å². The quantitative estimate of drug-likeness (QED) is 0.870. The van der Waals surface area contributed by atoms with Gasteiger partial charge in [0.1, 0.15) is 4.88 Å². The van der Waals surface area contributed by atoms with Crippen LogP contribution in [-0.2, 0) is 6.42 Å². The van der Waals surface area contributed by atoms with E-state index >= 15 is 0 Å². The van der Waals surface area contributed by atoms with Crippen LogP contribution >= 0.6 is 11.5 Å². The molecule has 19 heavy (non-hydrogen) atoms. The molecule has 1 aromatic carbocycles. The first-order valence-corrected chi connectivity index (χ1v) is 6.85. The summed E-state index contributed by atoms with van der Waals surface area (Å²) in [4.78, 5) is 14.6. The van der Waals surface area contributed by atoms with E-state index in [2.05, 4.69) is 16.5 Å². The number of hydrogen-bond donors (Lipinski definition) is 1. The van der Waals surface area contributed by atoms with Gasteiger partial charge in [0.05, 0.1) is 5.69 Å². The topological polar surface area (TPSA) is 72.1 Å². The van der Waals surface area contributed by atoms with E-state index in [0.29, 0.717) is 10.6 Å². The Bertz CT molecular complexity index is 564. The smallest absolute Gasteiger partial charge is 0.271 e. The van der Waals surface area contributed by atoms with Gasteiger partial charge in [-0.25, -0.2) is 0 Å². The van der Waals surface area contributed by atoms with Crippen LogP contribution in [0.1, 0.15) is 28.7 Å². The molecule has 0 aliphatic carbocycles. The molecule has 0 radical (unpaired) electrons. The maximum Gasteiger partial charge on any atom is 0.271 e. The first-order valence-electron chi connectivity index (χ1n) is 6.08. The van der Waals surface area contributed by atoms with Crippen molar-refractivity contribution in [1.29, 1.82) is 0 Å². The molecule has 2 aromatic rings. The fraction of sp³-hybridized carbons (Fsp3) is 0.308. The predicted molar refractivity (Wildman–Crippen MR) is 77.5 cm³/mol. The number of aryl methyl sites for hydroxylation is 1. The van der Waals surface area contributed by atoms with E-state index in [1.165, 1.54) is 0 Å². The number of carbonyl (C=O) groups excluding carboxylic acids is 1. The molecule has 2 rings (SSSR count). The Kier molecular flexibility index (Phi) is 4.11. The van der Waals surface area contributed by atoms with Gasteiger partial charge >= 0.3 is 0 Å². The summed E-state index contributed by atoms with van der Waals surface area (Å²) in [5.74, 6) is -0.0804. The number of nitrogen functional groups attached to an aromatic ring is 1. The number of anilines is 2. The fourth-order valence-corrected chi connectivity index (χ4v) is 2.42. The minimum atomic E-state index is -0.0804. The van der Waals surface area contributed by atoms with Gasteiger partial charge in [0.2, 0.25) is 0 Å². The molecule has 1 heterocycles. The van der Waals surface area contributed by atoms with Crippen LogP contribution in [0.2, 0.25) is 0 Å². The van der Waals surface area contributed by atoms with Crippen molar-refractivity contribution in [2.24, 2.45) is 0 Å². The zero-order valence-electron chi connectivity index (χ0n) is 11.0. The Morgan fingerprint density at radius 3 is 2.68 bits per heavy atom. The summed E-state index contributed by atoms with van der Waals surface area (Å²) in [7, 11) is 1.74. The van der Waals surface area contributed by atoms with Crippen LogP contribution in [-0.4, -0.2) is 22.5 Å². The molecule has 0 aliphatic rings. The van der Waals surface area contributed by atoms with Crippen LogP contribution in [0.15, 0.2) is 24.3 Å². The molecule has 1 aromatic heterocycles. The minimum absolute atomic E-state index is 0.0804. The van der Waals surface area contributed by atoms with Crippen molar-refractivity contribution in [2.45, 2.75) is 19.8 Å². The first-order chi connectivity index (χ1) is 9.13. The Hall–Kier alpha value is -1.95. The third-order valence-corrected chi connectivity index (χ3v) is 3.58. The minimum Gasteiger partial charge on any atom is -0.399 e. The maximum atomic E-state index is 12.4. The number of nitrogens with two attached hydrogens (primary N) is 1. The van der Waals surface area contributed by atoms with E-state index in [0.717, 1.165) is 35.8 Å². The lowest BCUT2D eigenvalue weighted by Gasteiger charge is -2.16. The molecular weight excluding hydrogens is 260 g/mol. The SMILES string of the molecule is CCCc1nnsc1C(=O)N(C)c1ccc(N)cc1. The molecule has 0 aliphatic heterocycles. The van der Waals surface area contributed by atoms with Crippen LogP contribution in [0.25, 0.3) is 0 Å². The number of amides is 1. The highest BCUT2D eigenvalue weighted by atomic mass is 32.1. The van der Waals surface area contributed by atoms with Crippen molar-refractivity contribution in [3.8, 4) is 0 Å². The van der Waals surface area contributed by atoms with Gasteiger partial charge in [0, 0.05) is 18.4 Å². The first kappa shape index (κ1) is 13.5. The summed E-state index contributed by atoms with van der Waals surface area (Å²) in [5.41, 5.74) is 7.89. The van der Waals surface area contributed by atoms with Crippen molar-refractivity contribution >= 4 is 28.8 Å². The molecule has 5 nitrogen and oxygen atoms in total. The molecule has 0 atom stereocenters. The van der Waals surface area contributed by atoms with E-state index in [1.54, 1.807) is 24.1 Å². The Balaban J connectivity index is 2.23. The molecule has 0 fully saturated rings. The van der Waals surface area contributed by atoms with Gasteiger partial charge in [-0.1, -0.05) is 17.8 Å². The van der Waals surface area contributed by atoms with E-state index in [4.69, 9.17) is 5.73 Å². The maximum absolute atomic E-state index is 12.4. The normalized spacial score (nSPS) is 10.4. The number of hydrogen-bond acceptors (Lipinski definition) is 5. The molecule has 0 saturated carbocycles. The van der Waals surface area contributed by atoms with Gasteiger partial charge in [-0.05, 0) is 42.2 Å². The number of nitrogens with zero attached hydrogens (tertiary/aromatic N) is 3. The molecule has 100 valence electrons. The van der Waals surface area contributed by atoms with Gasteiger partial charge in [-0.3, -0.25) is 4.79 Å². The van der Waals surface area contributed by atoms with Crippen LogP contribution in [0.4, 0.5) is 11.4 Å². The summed E-state index contributed by atoms with van der Waals surface area (Å²) in [6.45, 7) is 2.05. The van der Waals surface area contributed by atoms with Crippen LogP contribution in [0, 0.1) is 0 Å². The third-order valence-electron chi connectivity index (χ3n) is 2.82. The zero-order chi connectivity index (χ0) is 13.8. The van der Waals surface area contributed by atoms with E-state index in [1.807, 2.05) is 12.1 Å². The van der Waals surface area contributed by atoms with Crippen molar-refractivity contribution in [3.05, 3.63) is 34.8 Å². The highest BCUT2D eigenvalue weighted by Gasteiger charge is 2.20. The summed E-state index contributed by atoms with van der Waals surface area (Å²) >= 11 is 1.15. The van der Waals surface area contributed by atoms with Crippen molar-refractivity contribution in [3.63, 3.8) is 0 Å². The molecule has 0 bridgehead atoms. The van der Waals surface area contributed by atoms with Gasteiger partial charge < -0.3 is 10.6 Å². The van der Waals surface area contributed by atoms with Gasteiger partial charge in [-0.15, -0.1) is 5.10 Å². The third kappa shape index (κ3) is 2.90. The Labute approximate surface area is 116 Å². The van der Waals surface area contributed by atoms with Crippen molar-refractivity contribution < 1.29 is 4.79 Å². The Morgan fingerprint density at radius 1 is 1.37 bits per heavy atom. The predicted octanol–water partition coefficient (Wildman–Crippen LogP) is 2.35. The standard InChI is InChI=1S/C13H16N4OS/c1-3-4-11-12(19-16-15-11)13(18)17(2)10-7-5-9(14)6-8-10/h5-8H,3-4,14H2,1-2H3. The van der Waals surface area contributed by atoms with Crippen LogP contribution in [0.5, 0.6) is 0 Å². The van der Waals surface area contributed by atoms with Crippen molar-refractivity contribution in [2.75, 3.05) is 17.7 Å².